The van der Waals surface area contributed by atoms with Crippen LogP contribution in [0.3, 0.4) is 0 Å². The molecule has 0 aromatic carbocycles. The lowest BCUT2D eigenvalue weighted by Gasteiger charge is -2.50. The molecular formula is C15H20O3. The van der Waals surface area contributed by atoms with Gasteiger partial charge in [-0.05, 0) is 51.0 Å². The van der Waals surface area contributed by atoms with E-state index in [0.717, 1.165) is 37.0 Å². The first-order valence-corrected chi connectivity index (χ1v) is 6.71. The van der Waals surface area contributed by atoms with E-state index in [0.29, 0.717) is 5.57 Å². The predicted octanol–water partition coefficient (Wildman–Crippen LogP) is 2.70. The number of fused-ring (bicyclic) bond motifs is 2. The fourth-order valence-electron chi connectivity index (χ4n) is 3.93. The standard InChI is InChI=1S/C15H20O3/c1-9-10-7-12-14(2,5-4-6-15(12,3)17)8-11(10)18-13(9)16/h8,12,17H,4-7H2,1-3H3. The van der Waals surface area contributed by atoms with Gasteiger partial charge in [-0.15, -0.1) is 0 Å². The molecule has 18 heavy (non-hydrogen) atoms. The third kappa shape index (κ3) is 1.50. The van der Waals surface area contributed by atoms with Crippen LogP contribution in [-0.4, -0.2) is 16.7 Å². The minimum Gasteiger partial charge on any atom is -0.423 e. The summed E-state index contributed by atoms with van der Waals surface area (Å²) in [5.41, 5.74) is 1.02. The van der Waals surface area contributed by atoms with Gasteiger partial charge >= 0.3 is 5.97 Å². The van der Waals surface area contributed by atoms with Crippen LogP contribution < -0.4 is 0 Å². The third-order valence-electron chi connectivity index (χ3n) is 5.07. The van der Waals surface area contributed by atoms with Crippen molar-refractivity contribution >= 4 is 5.97 Å². The van der Waals surface area contributed by atoms with Crippen LogP contribution in [-0.2, 0) is 9.53 Å². The number of esters is 1. The monoisotopic (exact) mass is 248 g/mol. The molecule has 98 valence electrons. The Labute approximate surface area is 108 Å². The maximum absolute atomic E-state index is 11.6. The van der Waals surface area contributed by atoms with Crippen LogP contribution in [0.5, 0.6) is 0 Å². The number of aliphatic hydroxyl groups is 1. The van der Waals surface area contributed by atoms with Crippen molar-refractivity contribution in [2.45, 2.75) is 52.1 Å². The summed E-state index contributed by atoms with van der Waals surface area (Å²) in [6.45, 7) is 5.93. The number of carbonyl (C=O) groups is 1. The molecule has 0 aromatic heterocycles. The van der Waals surface area contributed by atoms with Crippen molar-refractivity contribution in [2.24, 2.45) is 11.3 Å². The van der Waals surface area contributed by atoms with Crippen LogP contribution >= 0.6 is 0 Å². The highest BCUT2D eigenvalue weighted by Gasteiger charge is 2.51. The molecule has 3 heteroatoms. The van der Waals surface area contributed by atoms with Crippen molar-refractivity contribution in [1.82, 2.24) is 0 Å². The zero-order valence-electron chi connectivity index (χ0n) is 11.2. The number of hydrogen-bond acceptors (Lipinski definition) is 3. The molecule has 3 unspecified atom stereocenters. The second kappa shape index (κ2) is 3.47. The van der Waals surface area contributed by atoms with Gasteiger partial charge in [-0.3, -0.25) is 0 Å². The molecule has 1 saturated carbocycles. The van der Waals surface area contributed by atoms with E-state index in [1.807, 2.05) is 13.8 Å². The van der Waals surface area contributed by atoms with Gasteiger partial charge in [0.1, 0.15) is 5.76 Å². The van der Waals surface area contributed by atoms with Crippen LogP contribution in [0.4, 0.5) is 0 Å². The van der Waals surface area contributed by atoms with Gasteiger partial charge in [0.05, 0.1) is 5.60 Å². The van der Waals surface area contributed by atoms with Crippen molar-refractivity contribution in [1.29, 1.82) is 0 Å². The van der Waals surface area contributed by atoms with Gasteiger partial charge in [0, 0.05) is 17.1 Å². The van der Waals surface area contributed by atoms with E-state index in [4.69, 9.17) is 4.74 Å². The Morgan fingerprint density at radius 3 is 2.83 bits per heavy atom. The van der Waals surface area contributed by atoms with Crippen molar-refractivity contribution in [3.05, 3.63) is 23.0 Å². The average molecular weight is 248 g/mol. The summed E-state index contributed by atoms with van der Waals surface area (Å²) in [7, 11) is 0. The van der Waals surface area contributed by atoms with Crippen LogP contribution in [0, 0.1) is 11.3 Å². The van der Waals surface area contributed by atoms with Gasteiger partial charge in [0.25, 0.3) is 0 Å². The van der Waals surface area contributed by atoms with E-state index in [2.05, 4.69) is 13.0 Å². The SMILES string of the molecule is CC1=C2CC3C(C)(O)CCCC3(C)C=C2OC1=O. The Balaban J connectivity index is 2.09. The largest absolute Gasteiger partial charge is 0.423 e. The first-order chi connectivity index (χ1) is 8.33. The zero-order chi connectivity index (χ0) is 13.1. The van der Waals surface area contributed by atoms with Crippen LogP contribution in [0.25, 0.3) is 0 Å². The van der Waals surface area contributed by atoms with Gasteiger partial charge in [-0.1, -0.05) is 6.92 Å². The lowest BCUT2D eigenvalue weighted by molar-refractivity contribution is -0.133. The molecule has 2 aliphatic carbocycles. The number of ether oxygens (including phenoxy) is 1. The van der Waals surface area contributed by atoms with Gasteiger partial charge in [0.15, 0.2) is 0 Å². The van der Waals surface area contributed by atoms with Gasteiger partial charge in [-0.25, -0.2) is 4.79 Å². The Hall–Kier alpha value is -1.09. The summed E-state index contributed by atoms with van der Waals surface area (Å²) in [5, 5.41) is 10.6. The summed E-state index contributed by atoms with van der Waals surface area (Å²) in [6.07, 6.45) is 5.76. The molecule has 1 N–H and O–H groups in total. The smallest absolute Gasteiger partial charge is 0.339 e. The second-order valence-corrected chi connectivity index (χ2v) is 6.47. The van der Waals surface area contributed by atoms with Gasteiger partial charge in [0.2, 0.25) is 0 Å². The molecule has 0 radical (unpaired) electrons. The summed E-state index contributed by atoms with van der Waals surface area (Å²) < 4.78 is 5.33. The molecule has 1 fully saturated rings. The van der Waals surface area contributed by atoms with Crippen molar-refractivity contribution in [2.75, 3.05) is 0 Å². The molecule has 0 aromatic rings. The average Bonchev–Trinajstić information content (AvgIpc) is 2.51. The Kier molecular flexibility index (Phi) is 2.31. The molecule has 3 rings (SSSR count). The van der Waals surface area contributed by atoms with Crippen molar-refractivity contribution in [3.63, 3.8) is 0 Å². The summed E-state index contributed by atoms with van der Waals surface area (Å²) in [4.78, 5) is 11.6. The van der Waals surface area contributed by atoms with Crippen LogP contribution in [0.15, 0.2) is 23.0 Å². The van der Waals surface area contributed by atoms with E-state index >= 15 is 0 Å². The van der Waals surface area contributed by atoms with E-state index in [1.54, 1.807) is 0 Å². The Morgan fingerprint density at radius 1 is 1.39 bits per heavy atom. The van der Waals surface area contributed by atoms with E-state index in [9.17, 15) is 9.90 Å². The highest BCUT2D eigenvalue weighted by molar-refractivity contribution is 5.94. The number of allylic oxidation sites excluding steroid dienone is 2. The normalized spacial score (nSPS) is 43.2. The molecule has 0 saturated heterocycles. The number of hydrogen-bond donors (Lipinski definition) is 1. The van der Waals surface area contributed by atoms with Crippen LogP contribution in [0.2, 0.25) is 0 Å². The minimum absolute atomic E-state index is 0.0501. The minimum atomic E-state index is -0.645. The third-order valence-corrected chi connectivity index (χ3v) is 5.07. The highest BCUT2D eigenvalue weighted by Crippen LogP contribution is 2.55. The highest BCUT2D eigenvalue weighted by atomic mass is 16.5. The van der Waals surface area contributed by atoms with Crippen molar-refractivity contribution in [3.8, 4) is 0 Å². The second-order valence-electron chi connectivity index (χ2n) is 6.47. The zero-order valence-corrected chi connectivity index (χ0v) is 11.2. The van der Waals surface area contributed by atoms with Gasteiger partial charge in [-0.2, -0.15) is 0 Å². The molecule has 3 aliphatic rings. The summed E-state index contributed by atoms with van der Waals surface area (Å²) in [5.74, 6) is 0.703. The van der Waals surface area contributed by atoms with Crippen LogP contribution in [0.1, 0.15) is 46.5 Å². The lowest BCUT2D eigenvalue weighted by atomic mass is 9.56. The van der Waals surface area contributed by atoms with E-state index in [1.165, 1.54) is 0 Å². The molecular weight excluding hydrogens is 228 g/mol. The topological polar surface area (TPSA) is 46.5 Å². The lowest BCUT2D eigenvalue weighted by Crippen LogP contribution is -2.49. The molecule has 1 heterocycles. The molecule has 3 atom stereocenters. The van der Waals surface area contributed by atoms with E-state index < -0.39 is 5.60 Å². The number of rotatable bonds is 0. The maximum Gasteiger partial charge on any atom is 0.339 e. The molecule has 0 amide bonds. The number of carbonyl (C=O) groups excluding carboxylic acids is 1. The predicted molar refractivity (Wildman–Crippen MR) is 67.6 cm³/mol. The Morgan fingerprint density at radius 2 is 2.11 bits per heavy atom. The molecule has 0 bridgehead atoms. The van der Waals surface area contributed by atoms with Gasteiger partial charge < -0.3 is 9.84 Å². The summed E-state index contributed by atoms with van der Waals surface area (Å²) in [6, 6.07) is 0. The molecule has 0 spiro atoms. The molecule has 3 nitrogen and oxygen atoms in total. The first kappa shape index (κ1) is 12.0. The fourth-order valence-corrected chi connectivity index (χ4v) is 3.93. The summed E-state index contributed by atoms with van der Waals surface area (Å²) >= 11 is 0. The first-order valence-electron chi connectivity index (χ1n) is 6.71. The quantitative estimate of drug-likeness (QED) is 0.670. The van der Waals surface area contributed by atoms with Crippen molar-refractivity contribution < 1.29 is 14.6 Å². The fraction of sp³-hybridized carbons (Fsp3) is 0.667. The molecule has 1 aliphatic heterocycles. The van der Waals surface area contributed by atoms with E-state index in [-0.39, 0.29) is 17.3 Å². The maximum atomic E-state index is 11.6. The Bertz CT molecular complexity index is 484.